The highest BCUT2D eigenvalue weighted by Gasteiger charge is 2.14. The number of carbonyl (C=O) groups is 1. The van der Waals surface area contributed by atoms with Crippen LogP contribution in [0.1, 0.15) is 10.4 Å². The lowest BCUT2D eigenvalue weighted by atomic mass is 10.1. The molecule has 4 nitrogen and oxygen atoms in total. The summed E-state index contributed by atoms with van der Waals surface area (Å²) in [5.74, 6) is -3.08. The van der Waals surface area contributed by atoms with Crippen molar-refractivity contribution in [3.8, 4) is 11.3 Å². The molecule has 0 amide bonds. The van der Waals surface area contributed by atoms with Gasteiger partial charge in [0.15, 0.2) is 0 Å². The Morgan fingerprint density at radius 1 is 1.11 bits per heavy atom. The highest BCUT2D eigenvalue weighted by molar-refractivity contribution is 5.87. The summed E-state index contributed by atoms with van der Waals surface area (Å²) in [5.41, 5.74) is -1.91. The number of aromatic carboxylic acids is 1. The van der Waals surface area contributed by atoms with Crippen LogP contribution in [-0.4, -0.2) is 16.1 Å². The van der Waals surface area contributed by atoms with Crippen molar-refractivity contribution in [1.82, 2.24) is 4.98 Å². The molecule has 0 bridgehead atoms. The molecule has 2 aromatic rings. The topological polar surface area (TPSA) is 70.2 Å². The molecule has 1 aromatic carbocycles. The number of H-pyrrole nitrogens is 1. The summed E-state index contributed by atoms with van der Waals surface area (Å²) in [5, 5.41) is 8.67. The highest BCUT2D eigenvalue weighted by atomic mass is 19.1. The molecule has 92 valence electrons. The quantitative estimate of drug-likeness (QED) is 0.857. The van der Waals surface area contributed by atoms with E-state index in [1.807, 2.05) is 0 Å². The predicted molar refractivity (Wildman–Crippen MR) is 59.4 cm³/mol. The zero-order chi connectivity index (χ0) is 13.3. The number of carboxylic acids is 1. The number of aromatic nitrogens is 1. The number of benzene rings is 1. The van der Waals surface area contributed by atoms with Gasteiger partial charge in [0.1, 0.15) is 17.2 Å². The van der Waals surface area contributed by atoms with Gasteiger partial charge in [0.25, 0.3) is 5.56 Å². The largest absolute Gasteiger partial charge is 0.477 e. The number of halogens is 2. The van der Waals surface area contributed by atoms with Crippen LogP contribution in [0, 0.1) is 11.6 Å². The lowest BCUT2D eigenvalue weighted by molar-refractivity contribution is 0.0695. The van der Waals surface area contributed by atoms with Crippen LogP contribution in [0.15, 0.2) is 35.1 Å². The molecule has 0 saturated heterocycles. The lowest BCUT2D eigenvalue weighted by Gasteiger charge is -2.05. The van der Waals surface area contributed by atoms with E-state index in [1.165, 1.54) is 6.07 Å². The standard InChI is InChI=1S/C12H7F2NO3/c13-7-2-1-3-8(14)10(7)9-5-4-6(12(17)18)11(16)15-9/h1-5H,(H,15,16)(H,17,18). The van der Waals surface area contributed by atoms with Crippen LogP contribution < -0.4 is 5.56 Å². The maximum absolute atomic E-state index is 13.4. The fourth-order valence-corrected chi connectivity index (χ4v) is 1.54. The number of hydrogen-bond acceptors (Lipinski definition) is 2. The van der Waals surface area contributed by atoms with E-state index in [0.717, 1.165) is 24.3 Å². The number of carboxylic acid groups (broad SMARTS) is 1. The monoisotopic (exact) mass is 251 g/mol. The molecular formula is C12H7F2NO3. The Hall–Kier alpha value is -2.50. The van der Waals surface area contributed by atoms with E-state index < -0.39 is 34.3 Å². The van der Waals surface area contributed by atoms with Gasteiger partial charge in [-0.3, -0.25) is 4.79 Å². The first-order valence-electron chi connectivity index (χ1n) is 4.91. The van der Waals surface area contributed by atoms with Gasteiger partial charge < -0.3 is 10.1 Å². The second kappa shape index (κ2) is 4.40. The fraction of sp³-hybridized carbons (Fsp3) is 0. The number of rotatable bonds is 2. The molecule has 0 atom stereocenters. The van der Waals surface area contributed by atoms with Gasteiger partial charge in [-0.25, -0.2) is 13.6 Å². The minimum Gasteiger partial charge on any atom is -0.477 e. The Labute approximate surface area is 99.5 Å². The summed E-state index contributed by atoms with van der Waals surface area (Å²) in [4.78, 5) is 24.2. The van der Waals surface area contributed by atoms with E-state index in [-0.39, 0.29) is 5.69 Å². The van der Waals surface area contributed by atoms with Crippen LogP contribution in [0.2, 0.25) is 0 Å². The number of pyridine rings is 1. The summed E-state index contributed by atoms with van der Waals surface area (Å²) in [6, 6.07) is 5.43. The summed E-state index contributed by atoms with van der Waals surface area (Å²) in [6.45, 7) is 0. The van der Waals surface area contributed by atoms with Crippen molar-refractivity contribution in [2.75, 3.05) is 0 Å². The molecule has 0 aliphatic carbocycles. The second-order valence-electron chi connectivity index (χ2n) is 3.52. The molecule has 0 unspecified atom stereocenters. The molecule has 1 aromatic heterocycles. The third-order valence-electron chi connectivity index (χ3n) is 2.37. The van der Waals surface area contributed by atoms with E-state index in [0.29, 0.717) is 0 Å². The second-order valence-corrected chi connectivity index (χ2v) is 3.52. The van der Waals surface area contributed by atoms with Gasteiger partial charge in [0.05, 0.1) is 11.3 Å². The maximum Gasteiger partial charge on any atom is 0.341 e. The van der Waals surface area contributed by atoms with Gasteiger partial charge >= 0.3 is 5.97 Å². The van der Waals surface area contributed by atoms with E-state index in [2.05, 4.69) is 4.98 Å². The Kier molecular flexibility index (Phi) is 2.93. The Morgan fingerprint density at radius 2 is 1.72 bits per heavy atom. The van der Waals surface area contributed by atoms with E-state index in [4.69, 9.17) is 5.11 Å². The van der Waals surface area contributed by atoms with Crippen LogP contribution >= 0.6 is 0 Å². The Morgan fingerprint density at radius 3 is 2.22 bits per heavy atom. The van der Waals surface area contributed by atoms with Gasteiger partial charge in [-0.05, 0) is 24.3 Å². The number of hydrogen-bond donors (Lipinski definition) is 2. The Bertz CT molecular complexity index is 659. The minimum atomic E-state index is -1.41. The number of aromatic amines is 1. The van der Waals surface area contributed by atoms with Crippen LogP contribution in [0.25, 0.3) is 11.3 Å². The average molecular weight is 251 g/mol. The molecule has 18 heavy (non-hydrogen) atoms. The summed E-state index contributed by atoms with van der Waals surface area (Å²) in [6.07, 6.45) is 0. The molecule has 0 fully saturated rings. The molecule has 0 saturated carbocycles. The maximum atomic E-state index is 13.4. The molecule has 2 N–H and O–H groups in total. The van der Waals surface area contributed by atoms with Gasteiger partial charge in [-0.15, -0.1) is 0 Å². The van der Waals surface area contributed by atoms with Crippen molar-refractivity contribution in [2.24, 2.45) is 0 Å². The van der Waals surface area contributed by atoms with Gasteiger partial charge in [0.2, 0.25) is 0 Å². The van der Waals surface area contributed by atoms with Crippen LogP contribution in [0.4, 0.5) is 8.78 Å². The lowest BCUT2D eigenvalue weighted by Crippen LogP contribution is -2.17. The average Bonchev–Trinajstić information content (AvgIpc) is 2.28. The first-order chi connectivity index (χ1) is 8.50. The van der Waals surface area contributed by atoms with Gasteiger partial charge in [-0.1, -0.05) is 6.07 Å². The first-order valence-corrected chi connectivity index (χ1v) is 4.91. The third-order valence-corrected chi connectivity index (χ3v) is 2.37. The zero-order valence-electron chi connectivity index (χ0n) is 8.91. The van der Waals surface area contributed by atoms with Crippen molar-refractivity contribution in [3.63, 3.8) is 0 Å². The fourth-order valence-electron chi connectivity index (χ4n) is 1.54. The molecule has 0 aliphatic rings. The zero-order valence-corrected chi connectivity index (χ0v) is 8.91. The van der Waals surface area contributed by atoms with E-state index in [9.17, 15) is 18.4 Å². The molecule has 6 heteroatoms. The van der Waals surface area contributed by atoms with Crippen LogP contribution in [0.3, 0.4) is 0 Å². The van der Waals surface area contributed by atoms with Crippen molar-refractivity contribution >= 4 is 5.97 Å². The minimum absolute atomic E-state index is 0.111. The molecule has 2 rings (SSSR count). The smallest absolute Gasteiger partial charge is 0.341 e. The van der Waals surface area contributed by atoms with Crippen molar-refractivity contribution < 1.29 is 18.7 Å². The first kappa shape index (κ1) is 12.0. The molecule has 0 spiro atoms. The van der Waals surface area contributed by atoms with Crippen LogP contribution in [0.5, 0.6) is 0 Å². The summed E-state index contributed by atoms with van der Waals surface area (Å²) < 4.78 is 26.9. The molecule has 1 heterocycles. The van der Waals surface area contributed by atoms with Gasteiger partial charge in [-0.2, -0.15) is 0 Å². The van der Waals surface area contributed by atoms with Crippen molar-refractivity contribution in [2.45, 2.75) is 0 Å². The summed E-state index contributed by atoms with van der Waals surface area (Å²) >= 11 is 0. The molecular weight excluding hydrogens is 244 g/mol. The molecule has 0 radical (unpaired) electrons. The molecule has 0 aliphatic heterocycles. The van der Waals surface area contributed by atoms with E-state index >= 15 is 0 Å². The summed E-state index contributed by atoms with van der Waals surface area (Å²) in [7, 11) is 0. The predicted octanol–water partition coefficient (Wildman–Crippen LogP) is 2.02. The normalized spacial score (nSPS) is 10.3. The third kappa shape index (κ3) is 2.00. The number of nitrogens with one attached hydrogen (secondary N) is 1. The van der Waals surface area contributed by atoms with Gasteiger partial charge in [0, 0.05) is 0 Å². The highest BCUT2D eigenvalue weighted by Crippen LogP contribution is 2.23. The SMILES string of the molecule is O=C(O)c1ccc(-c2c(F)cccc2F)[nH]c1=O. The van der Waals surface area contributed by atoms with Crippen LogP contribution in [-0.2, 0) is 0 Å². The Balaban J connectivity index is 2.63. The van der Waals surface area contributed by atoms with Crippen molar-refractivity contribution in [1.29, 1.82) is 0 Å². The van der Waals surface area contributed by atoms with Crippen molar-refractivity contribution in [3.05, 3.63) is 57.9 Å². The van der Waals surface area contributed by atoms with E-state index in [1.54, 1.807) is 0 Å².